The van der Waals surface area contributed by atoms with Gasteiger partial charge in [-0.3, -0.25) is 0 Å². The van der Waals surface area contributed by atoms with Crippen molar-refractivity contribution < 1.29 is 22.0 Å². The Balaban J connectivity index is 1.85. The Kier molecular flexibility index (Phi) is 4.93. The molecule has 0 aliphatic heterocycles. The maximum Gasteiger partial charge on any atom is 0.435 e. The van der Waals surface area contributed by atoms with E-state index in [9.17, 15) is 22.0 Å². The van der Waals surface area contributed by atoms with Crippen LogP contribution in [-0.2, 0) is 6.18 Å². The minimum atomic E-state index is -4.56. The molecule has 2 aromatic heterocycles. The van der Waals surface area contributed by atoms with Crippen molar-refractivity contribution in [2.75, 3.05) is 5.32 Å². The van der Waals surface area contributed by atoms with Crippen molar-refractivity contribution in [2.45, 2.75) is 50.7 Å². The van der Waals surface area contributed by atoms with E-state index in [-0.39, 0.29) is 43.5 Å². The van der Waals surface area contributed by atoms with Crippen molar-refractivity contribution in [3.63, 3.8) is 0 Å². The summed E-state index contributed by atoms with van der Waals surface area (Å²) in [5, 5.41) is 6.50. The first kappa shape index (κ1) is 19.0. The smallest absolute Gasteiger partial charge is 0.351 e. The van der Waals surface area contributed by atoms with Crippen LogP contribution in [0, 0.1) is 6.92 Å². The zero-order chi connectivity index (χ0) is 19.1. The molecule has 1 fully saturated rings. The van der Waals surface area contributed by atoms with E-state index in [4.69, 9.17) is 0 Å². The normalized spacial score (nSPS) is 18.1. The van der Waals surface area contributed by atoms with Crippen LogP contribution >= 0.6 is 15.9 Å². The Morgan fingerprint density at radius 2 is 1.88 bits per heavy atom. The molecule has 0 radical (unpaired) electrons. The maximum absolute atomic E-state index is 13.2. The van der Waals surface area contributed by atoms with Crippen LogP contribution in [0.25, 0.3) is 5.82 Å². The Bertz CT molecular complexity index is 794. The summed E-state index contributed by atoms with van der Waals surface area (Å²) in [5.41, 5.74) is -0.549. The molecule has 5 nitrogen and oxygen atoms in total. The summed E-state index contributed by atoms with van der Waals surface area (Å²) >= 11 is 3.26. The fraction of sp³-hybridized carbons (Fsp3) is 0.533. The minimum absolute atomic E-state index is 0.136. The zero-order valence-corrected chi connectivity index (χ0v) is 15.2. The van der Waals surface area contributed by atoms with Gasteiger partial charge in [-0.05, 0) is 41.8 Å². The van der Waals surface area contributed by atoms with Gasteiger partial charge >= 0.3 is 6.18 Å². The van der Waals surface area contributed by atoms with Gasteiger partial charge in [-0.25, -0.2) is 18.4 Å². The molecule has 1 saturated carbocycles. The van der Waals surface area contributed by atoms with E-state index in [0.29, 0.717) is 10.2 Å². The van der Waals surface area contributed by atoms with Crippen LogP contribution in [0.2, 0.25) is 0 Å². The molecule has 0 saturated heterocycles. The van der Waals surface area contributed by atoms with E-state index >= 15 is 0 Å². The maximum atomic E-state index is 13.2. The largest absolute Gasteiger partial charge is 0.435 e. The third kappa shape index (κ3) is 4.13. The van der Waals surface area contributed by atoms with Crippen molar-refractivity contribution >= 4 is 21.9 Å². The van der Waals surface area contributed by atoms with E-state index in [0.717, 1.165) is 16.9 Å². The number of nitrogens with zero attached hydrogens (tertiary/aromatic N) is 4. The number of aromatic nitrogens is 4. The predicted octanol–water partition coefficient (Wildman–Crippen LogP) is 4.74. The molecule has 0 aromatic carbocycles. The molecule has 1 N–H and O–H groups in total. The fourth-order valence-electron chi connectivity index (χ4n) is 2.72. The first-order valence-corrected chi connectivity index (χ1v) is 8.66. The summed E-state index contributed by atoms with van der Waals surface area (Å²) < 4.78 is 66.2. The molecule has 0 atom stereocenters. The molecule has 0 amide bonds. The SMILES string of the molecule is Cc1nc(NC2CCC(F)(F)CC2)nc(-n2ccc(C(F)(F)F)n2)c1Br. The number of aryl methyl sites for hydroxylation is 1. The molecular formula is C15H15BrF5N5. The highest BCUT2D eigenvalue weighted by Crippen LogP contribution is 2.34. The molecule has 0 spiro atoms. The van der Waals surface area contributed by atoms with Crippen LogP contribution in [0.4, 0.5) is 27.9 Å². The Labute approximate surface area is 154 Å². The van der Waals surface area contributed by atoms with Gasteiger partial charge in [0, 0.05) is 25.1 Å². The second kappa shape index (κ2) is 6.75. The number of hydrogen-bond acceptors (Lipinski definition) is 4. The highest BCUT2D eigenvalue weighted by atomic mass is 79.9. The monoisotopic (exact) mass is 439 g/mol. The van der Waals surface area contributed by atoms with Crippen LogP contribution in [-0.4, -0.2) is 31.7 Å². The first-order chi connectivity index (χ1) is 12.0. The average molecular weight is 440 g/mol. The lowest BCUT2D eigenvalue weighted by Gasteiger charge is -2.28. The number of alkyl halides is 5. The van der Waals surface area contributed by atoms with E-state index in [1.54, 1.807) is 6.92 Å². The third-order valence-corrected chi connectivity index (χ3v) is 5.07. The first-order valence-electron chi connectivity index (χ1n) is 7.87. The zero-order valence-electron chi connectivity index (χ0n) is 13.6. The third-order valence-electron chi connectivity index (χ3n) is 4.15. The van der Waals surface area contributed by atoms with E-state index in [2.05, 4.69) is 36.3 Å². The molecule has 0 bridgehead atoms. The fourth-order valence-corrected chi connectivity index (χ4v) is 3.08. The molecule has 26 heavy (non-hydrogen) atoms. The second-order valence-electron chi connectivity index (χ2n) is 6.19. The average Bonchev–Trinajstić information content (AvgIpc) is 3.03. The number of hydrogen-bond donors (Lipinski definition) is 1. The van der Waals surface area contributed by atoms with Gasteiger partial charge in [-0.15, -0.1) is 0 Å². The summed E-state index contributed by atoms with van der Waals surface area (Å²) in [6.07, 6.45) is -3.32. The van der Waals surface area contributed by atoms with Crippen molar-refractivity contribution in [3.8, 4) is 5.82 Å². The van der Waals surface area contributed by atoms with E-state index < -0.39 is 17.8 Å². The van der Waals surface area contributed by atoms with Crippen LogP contribution < -0.4 is 5.32 Å². The van der Waals surface area contributed by atoms with Crippen LogP contribution in [0.5, 0.6) is 0 Å². The van der Waals surface area contributed by atoms with Crippen LogP contribution in [0.1, 0.15) is 37.1 Å². The van der Waals surface area contributed by atoms with Crippen LogP contribution in [0.15, 0.2) is 16.7 Å². The standard InChI is InChI=1S/C15H15BrF5N5/c1-8-11(16)12(26-7-4-10(25-26)15(19,20)21)24-13(22-8)23-9-2-5-14(17,18)6-3-9/h4,7,9H,2-3,5-6H2,1H3,(H,22,23,24). The molecule has 11 heteroatoms. The Hall–Kier alpha value is -1.78. The summed E-state index contributed by atoms with van der Waals surface area (Å²) in [6, 6.07) is 0.631. The second-order valence-corrected chi connectivity index (χ2v) is 6.98. The topological polar surface area (TPSA) is 55.6 Å². The van der Waals surface area contributed by atoms with E-state index in [1.165, 1.54) is 0 Å². The summed E-state index contributed by atoms with van der Waals surface area (Å²) in [7, 11) is 0. The van der Waals surface area contributed by atoms with Gasteiger partial charge in [0.1, 0.15) is 0 Å². The lowest BCUT2D eigenvalue weighted by atomic mass is 9.92. The summed E-state index contributed by atoms with van der Waals surface area (Å²) in [4.78, 5) is 8.43. The lowest BCUT2D eigenvalue weighted by Crippen LogP contribution is -2.32. The molecular weight excluding hydrogens is 425 g/mol. The van der Waals surface area contributed by atoms with Gasteiger partial charge in [0.05, 0.1) is 10.2 Å². The van der Waals surface area contributed by atoms with E-state index in [1.807, 2.05) is 0 Å². The molecule has 2 heterocycles. The lowest BCUT2D eigenvalue weighted by molar-refractivity contribution is -0.141. The van der Waals surface area contributed by atoms with Gasteiger partial charge in [-0.2, -0.15) is 23.3 Å². The Morgan fingerprint density at radius 1 is 1.23 bits per heavy atom. The number of halogens is 6. The highest BCUT2D eigenvalue weighted by Gasteiger charge is 2.35. The number of nitrogens with one attached hydrogen (secondary N) is 1. The minimum Gasteiger partial charge on any atom is -0.351 e. The predicted molar refractivity (Wildman–Crippen MR) is 87.4 cm³/mol. The summed E-state index contributed by atoms with van der Waals surface area (Å²) in [6.45, 7) is 1.66. The van der Waals surface area contributed by atoms with Crippen molar-refractivity contribution in [1.82, 2.24) is 19.7 Å². The van der Waals surface area contributed by atoms with Gasteiger partial charge in [-0.1, -0.05) is 0 Å². The van der Waals surface area contributed by atoms with Gasteiger partial charge in [0.25, 0.3) is 0 Å². The molecule has 0 unspecified atom stereocenters. The quantitative estimate of drug-likeness (QED) is 0.701. The van der Waals surface area contributed by atoms with Gasteiger partial charge < -0.3 is 5.32 Å². The molecule has 2 aromatic rings. The molecule has 1 aliphatic rings. The highest BCUT2D eigenvalue weighted by molar-refractivity contribution is 9.10. The molecule has 3 rings (SSSR count). The van der Waals surface area contributed by atoms with Crippen LogP contribution in [0.3, 0.4) is 0 Å². The molecule has 1 aliphatic carbocycles. The van der Waals surface area contributed by atoms with Gasteiger partial charge in [0.15, 0.2) is 11.5 Å². The molecule has 142 valence electrons. The number of rotatable bonds is 3. The van der Waals surface area contributed by atoms with Crippen molar-refractivity contribution in [3.05, 3.63) is 28.1 Å². The Morgan fingerprint density at radius 3 is 2.46 bits per heavy atom. The summed E-state index contributed by atoms with van der Waals surface area (Å²) in [5.74, 6) is -2.35. The number of anilines is 1. The van der Waals surface area contributed by atoms with Gasteiger partial charge in [0.2, 0.25) is 11.9 Å². The van der Waals surface area contributed by atoms with Crippen molar-refractivity contribution in [2.24, 2.45) is 0 Å². The van der Waals surface area contributed by atoms with Crippen molar-refractivity contribution in [1.29, 1.82) is 0 Å².